The van der Waals surface area contributed by atoms with Gasteiger partial charge in [-0.25, -0.2) is 4.79 Å². The highest BCUT2D eigenvalue weighted by Gasteiger charge is 2.70. The number of carbonyl (C=O) groups excluding carboxylic acids is 1. The minimum absolute atomic E-state index is 0.0391. The van der Waals surface area contributed by atoms with E-state index >= 15 is 0 Å². The van der Waals surface area contributed by atoms with Gasteiger partial charge in [0.1, 0.15) is 12.2 Å². The fourth-order valence-electron chi connectivity index (χ4n) is 6.31. The number of rotatable bonds is 11. The third-order valence-electron chi connectivity index (χ3n) is 8.40. The molecule has 7 nitrogen and oxygen atoms in total. The lowest BCUT2D eigenvalue weighted by Crippen LogP contribution is -2.53. The lowest BCUT2D eigenvalue weighted by Gasteiger charge is -2.44. The monoisotopic (exact) mass is 528 g/mol. The van der Waals surface area contributed by atoms with Crippen LogP contribution in [-0.2, 0) is 19.0 Å². The van der Waals surface area contributed by atoms with E-state index < -0.39 is 5.97 Å². The molecule has 2 aliphatic carbocycles. The minimum atomic E-state index is -0.397. The fourth-order valence-corrected chi connectivity index (χ4v) is 6.31. The van der Waals surface area contributed by atoms with Crippen LogP contribution in [-0.4, -0.2) is 57.8 Å². The van der Waals surface area contributed by atoms with E-state index in [2.05, 4.69) is 26.8 Å². The van der Waals surface area contributed by atoms with Crippen molar-refractivity contribution in [3.8, 4) is 17.2 Å². The zero-order valence-corrected chi connectivity index (χ0v) is 24.2. The Balaban J connectivity index is 1.47. The van der Waals surface area contributed by atoms with E-state index in [-0.39, 0.29) is 35.2 Å². The molecule has 2 unspecified atom stereocenters. The number of hydrogen-bond donors (Lipinski definition) is 0. The van der Waals surface area contributed by atoms with Crippen molar-refractivity contribution >= 4 is 12.0 Å². The van der Waals surface area contributed by atoms with E-state index in [1.165, 1.54) is 11.6 Å². The number of hydrogen-bond acceptors (Lipinski definition) is 7. The number of benzene rings is 1. The molecule has 2 saturated carbocycles. The van der Waals surface area contributed by atoms with E-state index in [4.69, 9.17) is 28.4 Å². The summed E-state index contributed by atoms with van der Waals surface area (Å²) in [6, 6.07) is 3.63. The zero-order valence-electron chi connectivity index (χ0n) is 24.2. The van der Waals surface area contributed by atoms with Gasteiger partial charge in [0.2, 0.25) is 5.75 Å². The van der Waals surface area contributed by atoms with Gasteiger partial charge in [-0.05, 0) is 88.5 Å². The summed E-state index contributed by atoms with van der Waals surface area (Å²) in [7, 11) is 4.88. The van der Waals surface area contributed by atoms with Crippen molar-refractivity contribution in [2.75, 3.05) is 27.9 Å². The normalized spacial score (nSPS) is 31.8. The first-order valence-corrected chi connectivity index (χ1v) is 13.7. The summed E-state index contributed by atoms with van der Waals surface area (Å²) in [6.07, 6.45) is 8.77. The molecule has 0 bridgehead atoms. The van der Waals surface area contributed by atoms with Crippen molar-refractivity contribution in [3.05, 3.63) is 35.4 Å². The Morgan fingerprint density at radius 2 is 1.82 bits per heavy atom. The summed E-state index contributed by atoms with van der Waals surface area (Å²) in [6.45, 7) is 11.3. The molecular weight excluding hydrogens is 484 g/mol. The van der Waals surface area contributed by atoms with Crippen LogP contribution < -0.4 is 14.2 Å². The maximum absolute atomic E-state index is 13.0. The Kier molecular flexibility index (Phi) is 8.48. The van der Waals surface area contributed by atoms with Gasteiger partial charge in [-0.1, -0.05) is 18.6 Å². The summed E-state index contributed by atoms with van der Waals surface area (Å²) in [5, 5.41) is 0. The molecule has 1 aliphatic heterocycles. The second kappa shape index (κ2) is 11.3. The molecule has 1 saturated heterocycles. The molecule has 0 N–H and O–H groups in total. The third kappa shape index (κ3) is 5.89. The molecule has 4 rings (SSSR count). The van der Waals surface area contributed by atoms with Crippen molar-refractivity contribution in [2.45, 2.75) is 84.2 Å². The largest absolute Gasteiger partial charge is 0.493 e. The molecule has 1 aromatic rings. The van der Waals surface area contributed by atoms with Gasteiger partial charge in [0, 0.05) is 19.1 Å². The van der Waals surface area contributed by atoms with Crippen LogP contribution >= 0.6 is 0 Å². The Bertz CT molecular complexity index is 1040. The molecule has 7 heteroatoms. The smallest absolute Gasteiger partial charge is 0.331 e. The zero-order chi connectivity index (χ0) is 27.7. The van der Waals surface area contributed by atoms with E-state index in [0.717, 1.165) is 37.9 Å². The van der Waals surface area contributed by atoms with Crippen LogP contribution in [0.25, 0.3) is 6.08 Å². The number of esters is 1. The average molecular weight is 529 g/mol. The van der Waals surface area contributed by atoms with Gasteiger partial charge in [-0.3, -0.25) is 0 Å². The number of allylic oxidation sites excluding steroid dienone is 2. The van der Waals surface area contributed by atoms with E-state index in [9.17, 15) is 4.79 Å². The quantitative estimate of drug-likeness (QED) is 0.151. The molecule has 0 radical (unpaired) electrons. The van der Waals surface area contributed by atoms with Gasteiger partial charge in [-0.2, -0.15) is 0 Å². The maximum Gasteiger partial charge on any atom is 0.331 e. The van der Waals surface area contributed by atoms with Crippen molar-refractivity contribution in [2.24, 2.45) is 17.3 Å². The van der Waals surface area contributed by atoms with Crippen molar-refractivity contribution in [3.63, 3.8) is 0 Å². The predicted octanol–water partition coefficient (Wildman–Crippen LogP) is 5.99. The second-order valence-corrected chi connectivity index (χ2v) is 11.7. The highest BCUT2D eigenvalue weighted by molar-refractivity contribution is 5.87. The number of methoxy groups -OCH3 is 3. The Morgan fingerprint density at radius 1 is 1.16 bits per heavy atom. The minimum Gasteiger partial charge on any atom is -0.493 e. The van der Waals surface area contributed by atoms with Crippen LogP contribution in [0.3, 0.4) is 0 Å². The van der Waals surface area contributed by atoms with Crippen molar-refractivity contribution in [1.29, 1.82) is 0 Å². The van der Waals surface area contributed by atoms with Gasteiger partial charge < -0.3 is 28.4 Å². The summed E-state index contributed by atoms with van der Waals surface area (Å²) in [5.74, 6) is 2.02. The maximum atomic E-state index is 13.0. The number of carbonyl (C=O) groups is 1. The van der Waals surface area contributed by atoms with Crippen LogP contribution in [0.2, 0.25) is 0 Å². The van der Waals surface area contributed by atoms with Crippen molar-refractivity contribution in [1.82, 2.24) is 0 Å². The molecule has 210 valence electrons. The number of epoxide rings is 1. The van der Waals surface area contributed by atoms with Crippen LogP contribution in [0.1, 0.15) is 65.9 Å². The fraction of sp³-hybridized carbons (Fsp3) is 0.645. The number of ether oxygens (including phenoxy) is 6. The van der Waals surface area contributed by atoms with Crippen molar-refractivity contribution < 1.29 is 33.2 Å². The lowest BCUT2D eigenvalue weighted by molar-refractivity contribution is -0.167. The SMILES string of the molecule is COc1cc(/C=C/C(=O)O[C@@H]2CC[C@]3(CO3)C([C@]3(C)CC3CC=C(C)C)[C@@H]2OC)cc(OC)c1OC(C)C. The van der Waals surface area contributed by atoms with Gasteiger partial charge in [0.25, 0.3) is 0 Å². The summed E-state index contributed by atoms with van der Waals surface area (Å²) < 4.78 is 35.0. The molecular formula is C31H44O7. The first kappa shape index (κ1) is 28.5. The highest BCUT2D eigenvalue weighted by Crippen LogP contribution is 2.68. The highest BCUT2D eigenvalue weighted by atomic mass is 16.6. The van der Waals surface area contributed by atoms with Gasteiger partial charge in [0.15, 0.2) is 11.5 Å². The molecule has 3 aliphatic rings. The molecule has 1 spiro atoms. The van der Waals surface area contributed by atoms with Gasteiger partial charge >= 0.3 is 5.97 Å². The molecule has 1 aromatic carbocycles. The van der Waals surface area contributed by atoms with E-state index in [0.29, 0.717) is 23.2 Å². The summed E-state index contributed by atoms with van der Waals surface area (Å²) in [5.41, 5.74) is 2.08. The van der Waals surface area contributed by atoms with Crippen LogP contribution in [0.15, 0.2) is 29.9 Å². The van der Waals surface area contributed by atoms with E-state index in [1.807, 2.05) is 26.0 Å². The standard InChI is InChI=1S/C31H44O7/c1-19(2)9-11-22-17-30(22,5)29-28(35-8)23(13-14-31(29)18-36-31)38-26(32)12-10-21-15-24(33-6)27(37-20(3)4)25(16-21)34-7/h9-10,12,15-16,20,22-23,28-29H,11,13-14,17-18H2,1-8H3/b12-10+/t22?,23-,28-,29?,30-,31+/m1/s1. The topological polar surface area (TPSA) is 75.8 Å². The molecule has 1 heterocycles. The summed E-state index contributed by atoms with van der Waals surface area (Å²) >= 11 is 0. The summed E-state index contributed by atoms with van der Waals surface area (Å²) in [4.78, 5) is 13.0. The lowest BCUT2D eigenvalue weighted by atomic mass is 9.67. The second-order valence-electron chi connectivity index (χ2n) is 11.7. The molecule has 38 heavy (non-hydrogen) atoms. The molecule has 6 atom stereocenters. The van der Waals surface area contributed by atoms with Crippen LogP contribution in [0.5, 0.6) is 17.2 Å². The first-order chi connectivity index (χ1) is 18.1. The average Bonchev–Trinajstić information content (AvgIpc) is 3.79. The Labute approximate surface area is 227 Å². The molecule has 0 amide bonds. The Morgan fingerprint density at radius 3 is 2.34 bits per heavy atom. The third-order valence-corrected chi connectivity index (χ3v) is 8.40. The van der Waals surface area contributed by atoms with E-state index in [1.54, 1.807) is 27.4 Å². The Hall–Kier alpha value is -2.51. The van der Waals surface area contributed by atoms with Crippen LogP contribution in [0.4, 0.5) is 0 Å². The first-order valence-electron chi connectivity index (χ1n) is 13.7. The predicted molar refractivity (Wildman–Crippen MR) is 147 cm³/mol. The molecule has 0 aromatic heterocycles. The van der Waals surface area contributed by atoms with Gasteiger partial charge in [-0.15, -0.1) is 0 Å². The van der Waals surface area contributed by atoms with Gasteiger partial charge in [0.05, 0.1) is 32.5 Å². The van der Waals surface area contributed by atoms with Crippen LogP contribution in [0, 0.1) is 17.3 Å². The molecule has 3 fully saturated rings.